The van der Waals surface area contributed by atoms with Crippen molar-refractivity contribution in [3.63, 3.8) is 0 Å². The number of amides is 2. The lowest BCUT2D eigenvalue weighted by Gasteiger charge is -2.33. The predicted molar refractivity (Wildman–Crippen MR) is 81.5 cm³/mol. The molecule has 22 heavy (non-hydrogen) atoms. The molecule has 6 heteroatoms. The Kier molecular flexibility index (Phi) is 4.38. The number of hydrogen-bond acceptors (Lipinski definition) is 4. The summed E-state index contributed by atoms with van der Waals surface area (Å²) in [5.74, 6) is 1.53. The van der Waals surface area contributed by atoms with Crippen LogP contribution in [0.2, 0.25) is 0 Å². The third-order valence-electron chi connectivity index (χ3n) is 4.03. The number of ether oxygens (including phenoxy) is 3. The number of para-hydroxylation sites is 1. The van der Waals surface area contributed by atoms with Crippen LogP contribution in [-0.2, 0) is 11.2 Å². The Labute approximate surface area is 130 Å². The zero-order valence-electron chi connectivity index (χ0n) is 13.0. The van der Waals surface area contributed by atoms with E-state index < -0.39 is 0 Å². The Morgan fingerprint density at radius 1 is 1.45 bits per heavy atom. The Balaban J connectivity index is 1.61. The molecule has 3 rings (SSSR count). The van der Waals surface area contributed by atoms with Crippen molar-refractivity contribution in [2.24, 2.45) is 0 Å². The summed E-state index contributed by atoms with van der Waals surface area (Å²) in [7, 11) is 1.63. The van der Waals surface area contributed by atoms with Crippen molar-refractivity contribution in [2.75, 3.05) is 33.4 Å². The number of hydrogen-bond donors (Lipinski definition) is 1. The summed E-state index contributed by atoms with van der Waals surface area (Å²) in [5, 5.41) is 3.05. The fraction of sp³-hybridized carbons (Fsp3) is 0.562. The first-order chi connectivity index (χ1) is 10.7. The summed E-state index contributed by atoms with van der Waals surface area (Å²) in [4.78, 5) is 14.1. The van der Waals surface area contributed by atoms with Crippen molar-refractivity contribution < 1.29 is 19.0 Å². The highest BCUT2D eigenvalue weighted by atomic mass is 16.5. The number of carbonyl (C=O) groups excluding carboxylic acids is 1. The minimum absolute atomic E-state index is 0.0229. The van der Waals surface area contributed by atoms with Crippen molar-refractivity contribution in [3.05, 3.63) is 23.8 Å². The van der Waals surface area contributed by atoms with Crippen molar-refractivity contribution in [3.8, 4) is 11.5 Å². The minimum atomic E-state index is -0.0462. The molecule has 1 fully saturated rings. The number of morpholine rings is 1. The van der Waals surface area contributed by atoms with Crippen molar-refractivity contribution in [2.45, 2.75) is 25.5 Å². The van der Waals surface area contributed by atoms with Crippen LogP contribution in [0.3, 0.4) is 0 Å². The lowest BCUT2D eigenvalue weighted by molar-refractivity contribution is -0.00416. The average molecular weight is 306 g/mol. The Hall–Kier alpha value is -1.95. The van der Waals surface area contributed by atoms with Gasteiger partial charge in [0.2, 0.25) is 0 Å². The van der Waals surface area contributed by atoms with Gasteiger partial charge in [-0.2, -0.15) is 0 Å². The van der Waals surface area contributed by atoms with Crippen LogP contribution in [0.15, 0.2) is 18.2 Å². The number of nitrogens with zero attached hydrogens (tertiary/aromatic N) is 1. The molecule has 6 nitrogen and oxygen atoms in total. The van der Waals surface area contributed by atoms with E-state index in [0.717, 1.165) is 23.5 Å². The average Bonchev–Trinajstić information content (AvgIpc) is 2.54. The molecule has 0 radical (unpaired) electrons. The van der Waals surface area contributed by atoms with Crippen LogP contribution in [0.1, 0.15) is 12.5 Å². The van der Waals surface area contributed by atoms with E-state index in [1.54, 1.807) is 12.0 Å². The molecule has 1 saturated heterocycles. The van der Waals surface area contributed by atoms with Gasteiger partial charge in [-0.25, -0.2) is 4.79 Å². The first kappa shape index (κ1) is 15.0. The summed E-state index contributed by atoms with van der Waals surface area (Å²) in [6.07, 6.45) is 0.838. The lowest BCUT2D eigenvalue weighted by Crippen LogP contribution is -2.53. The van der Waals surface area contributed by atoms with Gasteiger partial charge >= 0.3 is 6.03 Å². The smallest absolute Gasteiger partial charge is 0.317 e. The molecule has 2 amide bonds. The van der Waals surface area contributed by atoms with E-state index in [9.17, 15) is 4.79 Å². The van der Waals surface area contributed by atoms with E-state index in [2.05, 4.69) is 5.32 Å². The molecule has 0 spiro atoms. The second-order valence-electron chi connectivity index (χ2n) is 5.74. The Morgan fingerprint density at radius 2 is 2.32 bits per heavy atom. The van der Waals surface area contributed by atoms with E-state index in [4.69, 9.17) is 14.2 Å². The van der Waals surface area contributed by atoms with E-state index in [1.165, 1.54) is 0 Å². The lowest BCUT2D eigenvalue weighted by atomic mass is 10.0. The van der Waals surface area contributed by atoms with Crippen LogP contribution in [0.5, 0.6) is 11.5 Å². The largest absolute Gasteiger partial charge is 0.493 e. The molecule has 120 valence electrons. The fourth-order valence-corrected chi connectivity index (χ4v) is 2.92. The number of carbonyl (C=O) groups is 1. The van der Waals surface area contributed by atoms with Crippen LogP contribution in [0.4, 0.5) is 4.79 Å². The van der Waals surface area contributed by atoms with Gasteiger partial charge in [-0.15, -0.1) is 0 Å². The highest BCUT2D eigenvalue weighted by Crippen LogP contribution is 2.34. The van der Waals surface area contributed by atoms with E-state index in [-0.39, 0.29) is 18.2 Å². The van der Waals surface area contributed by atoms with E-state index >= 15 is 0 Å². The standard InChI is InChI=1S/C16H22N2O4/c1-11-9-18(6-7-21-11)16(19)17-13-8-12-4-3-5-14(20-2)15(12)22-10-13/h3-5,11,13H,6-10H2,1-2H3,(H,17,19)/t11-,13-/m0/s1. The molecule has 2 aliphatic heterocycles. The quantitative estimate of drug-likeness (QED) is 0.898. The van der Waals surface area contributed by atoms with E-state index in [1.807, 2.05) is 25.1 Å². The molecule has 0 saturated carbocycles. The Morgan fingerprint density at radius 3 is 3.09 bits per heavy atom. The first-order valence-corrected chi connectivity index (χ1v) is 7.63. The van der Waals surface area contributed by atoms with Crippen LogP contribution >= 0.6 is 0 Å². The maximum atomic E-state index is 12.3. The molecule has 2 atom stereocenters. The summed E-state index contributed by atoms with van der Waals surface area (Å²) in [6.45, 7) is 4.29. The molecule has 1 N–H and O–H groups in total. The Bertz CT molecular complexity index is 549. The zero-order chi connectivity index (χ0) is 15.5. The van der Waals surface area contributed by atoms with Gasteiger partial charge < -0.3 is 24.4 Å². The van der Waals surface area contributed by atoms with Crippen LogP contribution in [0.25, 0.3) is 0 Å². The van der Waals surface area contributed by atoms with E-state index in [0.29, 0.717) is 26.3 Å². The molecule has 1 aromatic rings. The molecular weight excluding hydrogens is 284 g/mol. The summed E-state index contributed by atoms with van der Waals surface area (Å²) in [5.41, 5.74) is 1.06. The number of methoxy groups -OCH3 is 1. The number of nitrogens with one attached hydrogen (secondary N) is 1. The maximum Gasteiger partial charge on any atom is 0.317 e. The predicted octanol–water partition coefficient (Wildman–Crippen LogP) is 1.43. The van der Waals surface area contributed by atoms with Crippen LogP contribution < -0.4 is 14.8 Å². The molecule has 2 aliphatic rings. The molecule has 1 aromatic carbocycles. The zero-order valence-corrected chi connectivity index (χ0v) is 13.0. The highest BCUT2D eigenvalue weighted by molar-refractivity contribution is 5.74. The molecule has 0 aliphatic carbocycles. The second-order valence-corrected chi connectivity index (χ2v) is 5.74. The number of urea groups is 1. The minimum Gasteiger partial charge on any atom is -0.493 e. The van der Waals surface area contributed by atoms with Gasteiger partial charge in [-0.1, -0.05) is 12.1 Å². The van der Waals surface area contributed by atoms with Gasteiger partial charge in [-0.05, 0) is 19.4 Å². The molecule has 0 unspecified atom stereocenters. The van der Waals surface area contributed by atoms with Crippen molar-refractivity contribution >= 4 is 6.03 Å². The topological polar surface area (TPSA) is 60.0 Å². The maximum absolute atomic E-state index is 12.3. The number of benzene rings is 1. The monoisotopic (exact) mass is 306 g/mol. The van der Waals surface area contributed by atoms with Crippen molar-refractivity contribution in [1.82, 2.24) is 10.2 Å². The molecule has 2 heterocycles. The van der Waals surface area contributed by atoms with Crippen LogP contribution in [-0.4, -0.2) is 56.5 Å². The summed E-state index contributed by atoms with van der Waals surface area (Å²) < 4.78 is 16.5. The third kappa shape index (κ3) is 3.11. The second kappa shape index (κ2) is 6.44. The molecular formula is C16H22N2O4. The molecule has 0 aromatic heterocycles. The number of rotatable bonds is 2. The normalized spacial score (nSPS) is 24.2. The SMILES string of the molecule is COc1cccc2c1OC[C@@H](NC(=O)N1CCO[C@@H](C)C1)C2. The third-order valence-corrected chi connectivity index (χ3v) is 4.03. The highest BCUT2D eigenvalue weighted by Gasteiger charge is 2.27. The van der Waals surface area contributed by atoms with Gasteiger partial charge in [0.1, 0.15) is 6.61 Å². The first-order valence-electron chi connectivity index (χ1n) is 7.63. The van der Waals surface area contributed by atoms with Crippen LogP contribution in [0, 0.1) is 0 Å². The molecule has 0 bridgehead atoms. The van der Waals surface area contributed by atoms with Crippen molar-refractivity contribution in [1.29, 1.82) is 0 Å². The van der Waals surface area contributed by atoms with Gasteiger partial charge in [0.15, 0.2) is 11.5 Å². The van der Waals surface area contributed by atoms with Gasteiger partial charge in [0.05, 0.1) is 25.9 Å². The van der Waals surface area contributed by atoms with Gasteiger partial charge in [0.25, 0.3) is 0 Å². The van der Waals surface area contributed by atoms with Gasteiger partial charge in [-0.3, -0.25) is 0 Å². The number of fused-ring (bicyclic) bond motifs is 1. The summed E-state index contributed by atoms with van der Waals surface area (Å²) in [6, 6.07) is 5.76. The summed E-state index contributed by atoms with van der Waals surface area (Å²) >= 11 is 0. The van der Waals surface area contributed by atoms with Gasteiger partial charge in [0, 0.05) is 18.7 Å². The fourth-order valence-electron chi connectivity index (χ4n) is 2.92.